The Balaban J connectivity index is 1.81. The van der Waals surface area contributed by atoms with Gasteiger partial charge in [-0.1, -0.05) is 30.7 Å². The SMILES string of the molecule is CCNC1CC(OCc2ccc(Cl)cc2)C1OCC. The molecule has 1 aliphatic rings. The van der Waals surface area contributed by atoms with Crippen LogP contribution in [0.3, 0.4) is 0 Å². The van der Waals surface area contributed by atoms with Crippen molar-refractivity contribution in [1.82, 2.24) is 5.32 Å². The van der Waals surface area contributed by atoms with E-state index in [-0.39, 0.29) is 12.2 Å². The van der Waals surface area contributed by atoms with Gasteiger partial charge in [-0.05, 0) is 37.6 Å². The van der Waals surface area contributed by atoms with Gasteiger partial charge in [0.15, 0.2) is 0 Å². The number of hydrogen-bond donors (Lipinski definition) is 1. The Morgan fingerprint density at radius 2 is 1.95 bits per heavy atom. The van der Waals surface area contributed by atoms with Gasteiger partial charge in [0.1, 0.15) is 0 Å². The molecule has 4 heteroatoms. The third-order valence-electron chi connectivity index (χ3n) is 3.45. The molecular weight excluding hydrogens is 262 g/mol. The summed E-state index contributed by atoms with van der Waals surface area (Å²) < 4.78 is 11.7. The molecule has 0 aliphatic heterocycles. The van der Waals surface area contributed by atoms with E-state index >= 15 is 0 Å². The van der Waals surface area contributed by atoms with Crippen LogP contribution in [0.1, 0.15) is 25.8 Å². The summed E-state index contributed by atoms with van der Waals surface area (Å²) in [5.74, 6) is 0. The summed E-state index contributed by atoms with van der Waals surface area (Å²) in [5.41, 5.74) is 1.14. The molecule has 0 heterocycles. The van der Waals surface area contributed by atoms with Gasteiger partial charge in [-0.2, -0.15) is 0 Å². The molecule has 0 bridgehead atoms. The molecule has 1 N–H and O–H groups in total. The zero-order valence-corrected chi connectivity index (χ0v) is 12.3. The molecule has 19 heavy (non-hydrogen) atoms. The van der Waals surface area contributed by atoms with Crippen molar-refractivity contribution in [2.24, 2.45) is 0 Å². The van der Waals surface area contributed by atoms with Gasteiger partial charge in [0.2, 0.25) is 0 Å². The molecular formula is C15H22ClNO2. The lowest BCUT2D eigenvalue weighted by atomic mass is 9.85. The molecule has 0 radical (unpaired) electrons. The van der Waals surface area contributed by atoms with Gasteiger partial charge in [0.25, 0.3) is 0 Å². The summed E-state index contributed by atoms with van der Waals surface area (Å²) >= 11 is 5.86. The van der Waals surface area contributed by atoms with E-state index in [1.807, 2.05) is 31.2 Å². The third kappa shape index (κ3) is 3.93. The second-order valence-electron chi connectivity index (χ2n) is 4.80. The van der Waals surface area contributed by atoms with Gasteiger partial charge >= 0.3 is 0 Å². The number of likely N-dealkylation sites (N-methyl/N-ethyl adjacent to an activating group) is 1. The van der Waals surface area contributed by atoms with Crippen molar-refractivity contribution < 1.29 is 9.47 Å². The van der Waals surface area contributed by atoms with Gasteiger partial charge in [-0.15, -0.1) is 0 Å². The molecule has 2 rings (SSSR count). The summed E-state index contributed by atoms with van der Waals surface area (Å²) in [7, 11) is 0. The first-order chi connectivity index (χ1) is 9.24. The highest BCUT2D eigenvalue weighted by molar-refractivity contribution is 6.30. The molecule has 3 nitrogen and oxygen atoms in total. The highest BCUT2D eigenvalue weighted by Crippen LogP contribution is 2.28. The maximum absolute atomic E-state index is 5.94. The van der Waals surface area contributed by atoms with E-state index in [0.29, 0.717) is 12.6 Å². The molecule has 0 amide bonds. The molecule has 0 saturated heterocycles. The topological polar surface area (TPSA) is 30.5 Å². The van der Waals surface area contributed by atoms with Crippen LogP contribution in [0, 0.1) is 0 Å². The van der Waals surface area contributed by atoms with Crippen molar-refractivity contribution in [2.75, 3.05) is 13.2 Å². The number of nitrogens with one attached hydrogen (secondary N) is 1. The van der Waals surface area contributed by atoms with Gasteiger partial charge < -0.3 is 14.8 Å². The summed E-state index contributed by atoms with van der Waals surface area (Å²) in [5, 5.41) is 4.19. The first kappa shape index (κ1) is 14.8. The average Bonchev–Trinajstić information content (AvgIpc) is 2.41. The van der Waals surface area contributed by atoms with Crippen LogP contribution in [-0.4, -0.2) is 31.4 Å². The number of benzene rings is 1. The fourth-order valence-corrected chi connectivity index (χ4v) is 2.53. The van der Waals surface area contributed by atoms with Crippen molar-refractivity contribution >= 4 is 11.6 Å². The van der Waals surface area contributed by atoms with E-state index in [9.17, 15) is 0 Å². The Morgan fingerprint density at radius 3 is 2.58 bits per heavy atom. The van der Waals surface area contributed by atoms with Gasteiger partial charge in [0.05, 0.1) is 18.8 Å². The molecule has 3 atom stereocenters. The summed E-state index contributed by atoms with van der Waals surface area (Å²) in [6, 6.07) is 8.21. The Labute approximate surface area is 120 Å². The maximum atomic E-state index is 5.94. The fraction of sp³-hybridized carbons (Fsp3) is 0.600. The minimum atomic E-state index is 0.178. The van der Waals surface area contributed by atoms with Crippen LogP contribution in [0.25, 0.3) is 0 Å². The summed E-state index contributed by atoms with van der Waals surface area (Å²) in [6.45, 7) is 6.46. The molecule has 1 aromatic carbocycles. The summed E-state index contributed by atoms with van der Waals surface area (Å²) in [4.78, 5) is 0. The maximum Gasteiger partial charge on any atom is 0.0990 e. The molecule has 0 aromatic heterocycles. The highest BCUT2D eigenvalue weighted by Gasteiger charge is 2.42. The molecule has 1 saturated carbocycles. The van der Waals surface area contributed by atoms with Crippen molar-refractivity contribution in [1.29, 1.82) is 0 Å². The van der Waals surface area contributed by atoms with Crippen LogP contribution in [-0.2, 0) is 16.1 Å². The van der Waals surface area contributed by atoms with E-state index < -0.39 is 0 Å². The largest absolute Gasteiger partial charge is 0.374 e. The minimum Gasteiger partial charge on any atom is -0.374 e. The lowest BCUT2D eigenvalue weighted by Gasteiger charge is -2.44. The van der Waals surface area contributed by atoms with Gasteiger partial charge in [0, 0.05) is 17.7 Å². The van der Waals surface area contributed by atoms with Crippen molar-refractivity contribution in [2.45, 2.75) is 45.1 Å². The number of ether oxygens (including phenoxy) is 2. The van der Waals surface area contributed by atoms with E-state index in [2.05, 4.69) is 12.2 Å². The van der Waals surface area contributed by atoms with E-state index in [0.717, 1.165) is 30.2 Å². The summed E-state index contributed by atoms with van der Waals surface area (Å²) in [6.07, 6.45) is 1.39. The zero-order chi connectivity index (χ0) is 13.7. The van der Waals surface area contributed by atoms with Crippen LogP contribution in [0.15, 0.2) is 24.3 Å². The van der Waals surface area contributed by atoms with E-state index in [4.69, 9.17) is 21.1 Å². The normalized spacial score (nSPS) is 26.2. The fourth-order valence-electron chi connectivity index (χ4n) is 2.41. The Kier molecular flexibility index (Phi) is 5.64. The first-order valence-electron chi connectivity index (χ1n) is 6.95. The molecule has 1 aliphatic carbocycles. The van der Waals surface area contributed by atoms with Crippen molar-refractivity contribution in [3.8, 4) is 0 Å². The lowest BCUT2D eigenvalue weighted by molar-refractivity contribution is -0.149. The van der Waals surface area contributed by atoms with Gasteiger partial charge in [-0.25, -0.2) is 0 Å². The number of rotatable bonds is 7. The van der Waals surface area contributed by atoms with E-state index in [1.165, 1.54) is 0 Å². The Hall–Kier alpha value is -0.610. The Bertz CT molecular complexity index is 382. The second-order valence-corrected chi connectivity index (χ2v) is 5.23. The van der Waals surface area contributed by atoms with Crippen LogP contribution in [0.2, 0.25) is 5.02 Å². The smallest absolute Gasteiger partial charge is 0.0990 e. The van der Waals surface area contributed by atoms with E-state index in [1.54, 1.807) is 0 Å². The first-order valence-corrected chi connectivity index (χ1v) is 7.33. The predicted octanol–water partition coefficient (Wildman–Crippen LogP) is 3.01. The second kappa shape index (κ2) is 7.25. The Morgan fingerprint density at radius 1 is 1.21 bits per heavy atom. The standard InChI is InChI=1S/C15H22ClNO2/c1-3-17-13-9-14(15(13)18-4-2)19-10-11-5-7-12(16)8-6-11/h5-8,13-15,17H,3-4,9-10H2,1-2H3. The van der Waals surface area contributed by atoms with Gasteiger partial charge in [-0.3, -0.25) is 0 Å². The average molecular weight is 284 g/mol. The number of hydrogen-bond acceptors (Lipinski definition) is 3. The van der Waals surface area contributed by atoms with Crippen LogP contribution in [0.4, 0.5) is 0 Å². The van der Waals surface area contributed by atoms with Crippen LogP contribution < -0.4 is 5.32 Å². The molecule has 1 aromatic rings. The monoisotopic (exact) mass is 283 g/mol. The molecule has 106 valence electrons. The van der Waals surface area contributed by atoms with Crippen molar-refractivity contribution in [3.05, 3.63) is 34.9 Å². The molecule has 3 unspecified atom stereocenters. The number of halogens is 1. The molecule has 0 spiro atoms. The predicted molar refractivity (Wildman–Crippen MR) is 77.5 cm³/mol. The highest BCUT2D eigenvalue weighted by atomic mass is 35.5. The lowest BCUT2D eigenvalue weighted by Crippen LogP contribution is -2.60. The zero-order valence-electron chi connectivity index (χ0n) is 11.6. The quantitative estimate of drug-likeness (QED) is 0.834. The third-order valence-corrected chi connectivity index (χ3v) is 3.70. The molecule has 1 fully saturated rings. The van der Waals surface area contributed by atoms with Crippen molar-refractivity contribution in [3.63, 3.8) is 0 Å². The van der Waals surface area contributed by atoms with Crippen LogP contribution in [0.5, 0.6) is 0 Å². The van der Waals surface area contributed by atoms with Crippen LogP contribution >= 0.6 is 11.6 Å². The minimum absolute atomic E-state index is 0.178.